The normalized spacial score (nSPS) is 11.1. The minimum atomic E-state index is -4.09. The first-order chi connectivity index (χ1) is 7.38. The van der Waals surface area contributed by atoms with Gasteiger partial charge in [0.1, 0.15) is 25.0 Å². The Balaban J connectivity index is 2.54. The van der Waals surface area contributed by atoms with Crippen LogP contribution in [-0.4, -0.2) is 31.3 Å². The molecule has 0 saturated heterocycles. The Labute approximate surface area is 93.2 Å². The maximum atomic E-state index is 11.4. The monoisotopic (exact) mass is 246 g/mol. The second kappa shape index (κ2) is 5.04. The van der Waals surface area contributed by atoms with Crippen molar-refractivity contribution in [1.82, 2.24) is 0 Å². The number of hydrogen-bond acceptors (Lipinski definition) is 4. The van der Waals surface area contributed by atoms with E-state index in [4.69, 9.17) is 4.55 Å². The number of carbonyl (C=O) groups is 1. The molecule has 6 nitrogen and oxygen atoms in total. The largest absolute Gasteiger partial charge is 0.461 e. The second-order valence-electron chi connectivity index (χ2n) is 3.18. The number of ether oxygens (including phenoxy) is 1. The molecule has 0 bridgehead atoms. The smallest absolute Gasteiger partial charge is 0.344 e. The van der Waals surface area contributed by atoms with Crippen molar-refractivity contribution in [1.29, 1.82) is 0 Å². The number of esters is 1. The molecule has 1 rings (SSSR count). The van der Waals surface area contributed by atoms with Crippen LogP contribution in [0.1, 0.15) is 10.4 Å². The average molecular weight is 246 g/mol. The van der Waals surface area contributed by atoms with Crippen LogP contribution in [0, 0.1) is 0 Å². The van der Waals surface area contributed by atoms with Crippen LogP contribution < -0.4 is 4.57 Å². The predicted octanol–water partition coefficient (Wildman–Crippen LogP) is -0.444. The van der Waals surface area contributed by atoms with Gasteiger partial charge in [0.25, 0.3) is 10.1 Å². The molecule has 1 aromatic heterocycles. The van der Waals surface area contributed by atoms with Gasteiger partial charge in [-0.15, -0.1) is 0 Å². The molecule has 0 aliphatic carbocycles. The van der Waals surface area contributed by atoms with Gasteiger partial charge in [0.2, 0.25) is 0 Å². The van der Waals surface area contributed by atoms with E-state index in [1.807, 2.05) is 0 Å². The van der Waals surface area contributed by atoms with Gasteiger partial charge in [-0.3, -0.25) is 4.55 Å². The molecule has 0 radical (unpaired) electrons. The van der Waals surface area contributed by atoms with Gasteiger partial charge in [-0.2, -0.15) is 8.42 Å². The summed E-state index contributed by atoms with van der Waals surface area (Å²) in [5.74, 6) is -1.22. The number of aryl methyl sites for hydroxylation is 1. The predicted molar refractivity (Wildman–Crippen MR) is 54.3 cm³/mol. The molecule has 0 fully saturated rings. The lowest BCUT2D eigenvalue weighted by molar-refractivity contribution is -0.671. The molecule has 1 heterocycles. The van der Waals surface area contributed by atoms with E-state index >= 15 is 0 Å². The molecule has 7 heteroatoms. The molecule has 0 amide bonds. The van der Waals surface area contributed by atoms with Crippen LogP contribution in [0.4, 0.5) is 0 Å². The fourth-order valence-corrected chi connectivity index (χ4v) is 1.33. The topological polar surface area (TPSA) is 84.5 Å². The number of aromatic nitrogens is 1. The SMILES string of the molecule is C[n+]1cccc(C(=O)OCCS(=O)(=O)O)c1. The lowest BCUT2D eigenvalue weighted by atomic mass is 10.3. The molecule has 1 N–H and O–H groups in total. The highest BCUT2D eigenvalue weighted by atomic mass is 32.2. The second-order valence-corrected chi connectivity index (χ2v) is 4.75. The zero-order valence-corrected chi connectivity index (χ0v) is 9.48. The Hall–Kier alpha value is -1.47. The van der Waals surface area contributed by atoms with Crippen molar-refractivity contribution in [2.45, 2.75) is 0 Å². The Bertz CT molecular complexity index is 482. The lowest BCUT2D eigenvalue weighted by Gasteiger charge is -2.01. The van der Waals surface area contributed by atoms with Crippen molar-refractivity contribution in [2.75, 3.05) is 12.4 Å². The van der Waals surface area contributed by atoms with Crippen LogP contribution in [0.5, 0.6) is 0 Å². The first-order valence-electron chi connectivity index (χ1n) is 4.46. The van der Waals surface area contributed by atoms with E-state index in [1.54, 1.807) is 36.1 Å². The highest BCUT2D eigenvalue weighted by Gasteiger charge is 2.12. The van der Waals surface area contributed by atoms with Gasteiger partial charge in [0.15, 0.2) is 12.4 Å². The van der Waals surface area contributed by atoms with Crippen molar-refractivity contribution in [2.24, 2.45) is 7.05 Å². The van der Waals surface area contributed by atoms with E-state index in [-0.39, 0.29) is 6.61 Å². The zero-order valence-electron chi connectivity index (χ0n) is 8.66. The summed E-state index contributed by atoms with van der Waals surface area (Å²) in [6.07, 6.45) is 3.30. The Morgan fingerprint density at radius 3 is 2.81 bits per heavy atom. The fraction of sp³-hybridized carbons (Fsp3) is 0.333. The van der Waals surface area contributed by atoms with E-state index < -0.39 is 21.8 Å². The Morgan fingerprint density at radius 1 is 1.56 bits per heavy atom. The third-order valence-corrected chi connectivity index (χ3v) is 2.43. The summed E-state index contributed by atoms with van der Waals surface area (Å²) in [4.78, 5) is 11.4. The van der Waals surface area contributed by atoms with Crippen molar-refractivity contribution < 1.29 is 27.1 Å². The summed E-state index contributed by atoms with van der Waals surface area (Å²) in [6, 6.07) is 3.22. The molecule has 88 valence electrons. The van der Waals surface area contributed by atoms with Crippen LogP contribution in [0.15, 0.2) is 24.5 Å². The van der Waals surface area contributed by atoms with Crippen molar-refractivity contribution >= 4 is 16.1 Å². The molecular weight excluding hydrogens is 234 g/mol. The van der Waals surface area contributed by atoms with Gasteiger partial charge in [-0.25, -0.2) is 9.36 Å². The summed E-state index contributed by atoms with van der Waals surface area (Å²) in [6.45, 7) is -0.365. The molecule has 0 spiro atoms. The van der Waals surface area contributed by atoms with Crippen molar-refractivity contribution in [3.05, 3.63) is 30.1 Å². The van der Waals surface area contributed by atoms with Crippen LogP contribution in [0.3, 0.4) is 0 Å². The van der Waals surface area contributed by atoms with E-state index in [1.165, 1.54) is 0 Å². The van der Waals surface area contributed by atoms with E-state index in [0.717, 1.165) is 0 Å². The molecule has 0 saturated carbocycles. The van der Waals surface area contributed by atoms with Crippen LogP contribution in [0.2, 0.25) is 0 Å². The van der Waals surface area contributed by atoms with Crippen LogP contribution in [-0.2, 0) is 21.9 Å². The number of carbonyl (C=O) groups excluding carboxylic acids is 1. The molecule has 0 aromatic carbocycles. The molecule has 0 atom stereocenters. The summed E-state index contributed by atoms with van der Waals surface area (Å²) in [5, 5.41) is 0. The Kier molecular flexibility index (Phi) is 3.97. The number of nitrogens with zero attached hydrogens (tertiary/aromatic N) is 1. The minimum absolute atomic E-state index is 0.320. The van der Waals surface area contributed by atoms with Crippen LogP contribution >= 0.6 is 0 Å². The third kappa shape index (κ3) is 4.37. The standard InChI is InChI=1S/C9H11NO5S/c1-10-4-2-3-8(7-10)9(11)15-5-6-16(12,13)14/h2-4,7H,5-6H2,1H3/p+1. The Morgan fingerprint density at radius 2 is 2.25 bits per heavy atom. The van der Waals surface area contributed by atoms with E-state index in [9.17, 15) is 13.2 Å². The van der Waals surface area contributed by atoms with Gasteiger partial charge >= 0.3 is 5.97 Å². The first kappa shape index (κ1) is 12.6. The molecular formula is C9H12NO5S+. The minimum Gasteiger partial charge on any atom is -0.461 e. The maximum absolute atomic E-state index is 11.4. The summed E-state index contributed by atoms with van der Waals surface area (Å²) >= 11 is 0. The number of hydrogen-bond donors (Lipinski definition) is 1. The van der Waals surface area contributed by atoms with Gasteiger partial charge in [-0.05, 0) is 6.07 Å². The number of pyridine rings is 1. The molecule has 0 unspecified atom stereocenters. The van der Waals surface area contributed by atoms with E-state index in [0.29, 0.717) is 5.56 Å². The maximum Gasteiger partial charge on any atom is 0.344 e. The van der Waals surface area contributed by atoms with Crippen molar-refractivity contribution in [3.8, 4) is 0 Å². The number of rotatable bonds is 4. The van der Waals surface area contributed by atoms with Crippen LogP contribution in [0.25, 0.3) is 0 Å². The van der Waals surface area contributed by atoms with Gasteiger partial charge in [-0.1, -0.05) is 0 Å². The van der Waals surface area contributed by atoms with Gasteiger partial charge < -0.3 is 4.74 Å². The molecule has 1 aromatic rings. The zero-order chi connectivity index (χ0) is 12.2. The highest BCUT2D eigenvalue weighted by Crippen LogP contribution is 1.98. The average Bonchev–Trinajstić information content (AvgIpc) is 2.15. The molecule has 0 aliphatic rings. The van der Waals surface area contributed by atoms with E-state index in [2.05, 4.69) is 4.74 Å². The summed E-state index contributed by atoms with van der Waals surface area (Å²) < 4.78 is 35.5. The van der Waals surface area contributed by atoms with Gasteiger partial charge in [0, 0.05) is 6.07 Å². The van der Waals surface area contributed by atoms with Crippen molar-refractivity contribution in [3.63, 3.8) is 0 Å². The summed E-state index contributed by atoms with van der Waals surface area (Å²) in [5.41, 5.74) is 0.320. The molecule has 0 aliphatic heterocycles. The quantitative estimate of drug-likeness (QED) is 0.442. The summed E-state index contributed by atoms with van der Waals surface area (Å²) in [7, 11) is -2.35. The third-order valence-electron chi connectivity index (χ3n) is 1.75. The fourth-order valence-electron chi connectivity index (χ4n) is 1.03. The highest BCUT2D eigenvalue weighted by molar-refractivity contribution is 7.85. The lowest BCUT2D eigenvalue weighted by Crippen LogP contribution is -2.28. The first-order valence-corrected chi connectivity index (χ1v) is 6.07. The van der Waals surface area contributed by atoms with Gasteiger partial charge in [0.05, 0.1) is 0 Å². The molecule has 16 heavy (non-hydrogen) atoms.